The van der Waals surface area contributed by atoms with E-state index in [1.54, 1.807) is 23.0 Å². The summed E-state index contributed by atoms with van der Waals surface area (Å²) in [6, 6.07) is 11.4. The van der Waals surface area contributed by atoms with Gasteiger partial charge in [0.2, 0.25) is 0 Å². The van der Waals surface area contributed by atoms with Crippen LogP contribution in [0, 0.1) is 6.92 Å². The zero-order valence-corrected chi connectivity index (χ0v) is 17.6. The molecule has 3 aromatic rings. The van der Waals surface area contributed by atoms with Gasteiger partial charge in [0.15, 0.2) is 0 Å². The lowest BCUT2D eigenvalue weighted by Crippen LogP contribution is -2.29. The zero-order chi connectivity index (χ0) is 21.1. The Bertz CT molecular complexity index is 1130. The molecular formula is C24H28N4O2. The molecule has 4 rings (SSSR count). The van der Waals surface area contributed by atoms with Gasteiger partial charge in [0.05, 0.1) is 16.6 Å². The zero-order valence-electron chi connectivity index (χ0n) is 17.6. The number of carbonyl (C=O) groups is 1. The van der Waals surface area contributed by atoms with E-state index in [-0.39, 0.29) is 11.5 Å². The standard InChI is InChI=1S/C24H28N4O2/c1-3-25-23(29)19-9-7-17(2)22(14-19)28-16-26-21-10-8-18(13-20(21)24(28)30)15-27-11-5-4-6-12-27/h7-10,13-14,16H,3-6,11-12,15H2,1-2H3,(H,25,29). The minimum Gasteiger partial charge on any atom is -0.352 e. The second-order valence-corrected chi connectivity index (χ2v) is 7.97. The molecule has 0 bridgehead atoms. The minimum atomic E-state index is -0.149. The first kappa shape index (κ1) is 20.3. The third kappa shape index (κ3) is 4.14. The molecule has 2 heterocycles. The van der Waals surface area contributed by atoms with Crippen LogP contribution in [0.5, 0.6) is 0 Å². The van der Waals surface area contributed by atoms with Crippen molar-refractivity contribution in [2.24, 2.45) is 0 Å². The molecule has 30 heavy (non-hydrogen) atoms. The van der Waals surface area contributed by atoms with Gasteiger partial charge < -0.3 is 5.32 Å². The summed E-state index contributed by atoms with van der Waals surface area (Å²) >= 11 is 0. The van der Waals surface area contributed by atoms with Gasteiger partial charge in [-0.25, -0.2) is 4.98 Å². The topological polar surface area (TPSA) is 67.2 Å². The average molecular weight is 405 g/mol. The molecular weight excluding hydrogens is 376 g/mol. The quantitative estimate of drug-likeness (QED) is 0.708. The van der Waals surface area contributed by atoms with Crippen LogP contribution < -0.4 is 10.9 Å². The van der Waals surface area contributed by atoms with Gasteiger partial charge in [0.25, 0.3) is 11.5 Å². The lowest BCUT2D eigenvalue weighted by Gasteiger charge is -2.26. The highest BCUT2D eigenvalue weighted by atomic mass is 16.1. The van der Waals surface area contributed by atoms with E-state index in [9.17, 15) is 9.59 Å². The molecule has 2 aromatic carbocycles. The van der Waals surface area contributed by atoms with Gasteiger partial charge in [-0.1, -0.05) is 18.6 Å². The van der Waals surface area contributed by atoms with E-state index in [4.69, 9.17) is 0 Å². The number of aryl methyl sites for hydroxylation is 1. The monoisotopic (exact) mass is 404 g/mol. The summed E-state index contributed by atoms with van der Waals surface area (Å²) in [6.07, 6.45) is 5.34. The van der Waals surface area contributed by atoms with Crippen LogP contribution in [0.1, 0.15) is 47.7 Å². The van der Waals surface area contributed by atoms with Crippen molar-refractivity contribution < 1.29 is 4.79 Å². The highest BCUT2D eigenvalue weighted by molar-refractivity contribution is 5.94. The van der Waals surface area contributed by atoms with E-state index in [0.717, 1.165) is 30.8 Å². The van der Waals surface area contributed by atoms with Crippen LogP contribution in [0.25, 0.3) is 16.6 Å². The number of hydrogen-bond donors (Lipinski definition) is 1. The van der Waals surface area contributed by atoms with E-state index in [2.05, 4.69) is 21.3 Å². The Morgan fingerprint density at radius 3 is 2.67 bits per heavy atom. The van der Waals surface area contributed by atoms with Crippen molar-refractivity contribution >= 4 is 16.8 Å². The highest BCUT2D eigenvalue weighted by Gasteiger charge is 2.14. The van der Waals surface area contributed by atoms with Gasteiger partial charge in [-0.2, -0.15) is 0 Å². The Balaban J connectivity index is 1.73. The predicted octanol–water partition coefficient (Wildman–Crippen LogP) is 3.43. The number of rotatable bonds is 5. The second-order valence-electron chi connectivity index (χ2n) is 7.97. The van der Waals surface area contributed by atoms with Gasteiger partial charge in [-0.05, 0) is 75.2 Å². The van der Waals surface area contributed by atoms with Gasteiger partial charge in [0.1, 0.15) is 6.33 Å². The summed E-state index contributed by atoms with van der Waals surface area (Å²) in [4.78, 5) is 32.5. The predicted molar refractivity (Wildman–Crippen MR) is 119 cm³/mol. The van der Waals surface area contributed by atoms with Crippen molar-refractivity contribution in [3.63, 3.8) is 0 Å². The largest absolute Gasteiger partial charge is 0.352 e. The van der Waals surface area contributed by atoms with Crippen LogP contribution in [-0.4, -0.2) is 40.0 Å². The number of benzene rings is 2. The van der Waals surface area contributed by atoms with E-state index in [1.807, 2.05) is 32.0 Å². The molecule has 6 heteroatoms. The SMILES string of the molecule is CCNC(=O)c1ccc(C)c(-n2cnc3ccc(CN4CCCCC4)cc3c2=O)c1. The van der Waals surface area contributed by atoms with Crippen LogP contribution in [0.3, 0.4) is 0 Å². The number of hydrogen-bond acceptors (Lipinski definition) is 4. The molecule has 1 aliphatic rings. The fourth-order valence-electron chi connectivity index (χ4n) is 4.09. The number of likely N-dealkylation sites (tertiary alicyclic amines) is 1. The number of aromatic nitrogens is 2. The summed E-state index contributed by atoms with van der Waals surface area (Å²) in [5.74, 6) is -0.149. The van der Waals surface area contributed by atoms with Gasteiger partial charge in [0, 0.05) is 18.7 Å². The molecule has 0 aliphatic carbocycles. The van der Waals surface area contributed by atoms with Gasteiger partial charge >= 0.3 is 0 Å². The molecule has 1 aliphatic heterocycles. The molecule has 1 aromatic heterocycles. The first-order valence-electron chi connectivity index (χ1n) is 10.7. The van der Waals surface area contributed by atoms with Crippen LogP contribution in [0.2, 0.25) is 0 Å². The summed E-state index contributed by atoms with van der Waals surface area (Å²) in [5.41, 5.74) is 3.83. The average Bonchev–Trinajstić information content (AvgIpc) is 2.76. The van der Waals surface area contributed by atoms with E-state index < -0.39 is 0 Å². The van der Waals surface area contributed by atoms with Crippen molar-refractivity contribution in [1.29, 1.82) is 0 Å². The molecule has 0 radical (unpaired) electrons. The van der Waals surface area contributed by atoms with E-state index in [1.165, 1.54) is 19.3 Å². The summed E-state index contributed by atoms with van der Waals surface area (Å²) in [7, 11) is 0. The Labute approximate surface area is 176 Å². The van der Waals surface area contributed by atoms with Crippen LogP contribution in [-0.2, 0) is 6.54 Å². The maximum atomic E-state index is 13.3. The number of nitrogens with zero attached hydrogens (tertiary/aromatic N) is 3. The maximum Gasteiger partial charge on any atom is 0.265 e. The van der Waals surface area contributed by atoms with Crippen LogP contribution in [0.4, 0.5) is 0 Å². The van der Waals surface area contributed by atoms with Crippen molar-refractivity contribution in [1.82, 2.24) is 19.8 Å². The van der Waals surface area contributed by atoms with Crippen LogP contribution in [0.15, 0.2) is 47.5 Å². The van der Waals surface area contributed by atoms with Crippen LogP contribution >= 0.6 is 0 Å². The molecule has 1 amide bonds. The van der Waals surface area contributed by atoms with Crippen molar-refractivity contribution in [3.05, 3.63) is 69.8 Å². The number of fused-ring (bicyclic) bond motifs is 1. The number of amides is 1. The minimum absolute atomic E-state index is 0.114. The molecule has 0 saturated carbocycles. The summed E-state index contributed by atoms with van der Waals surface area (Å²) < 4.78 is 1.55. The normalized spacial score (nSPS) is 14.7. The smallest absolute Gasteiger partial charge is 0.265 e. The lowest BCUT2D eigenvalue weighted by atomic mass is 10.1. The summed E-state index contributed by atoms with van der Waals surface area (Å²) in [5, 5.41) is 3.41. The Morgan fingerprint density at radius 2 is 1.90 bits per heavy atom. The summed E-state index contributed by atoms with van der Waals surface area (Å²) in [6.45, 7) is 7.45. The lowest BCUT2D eigenvalue weighted by molar-refractivity contribution is 0.0956. The number of piperidine rings is 1. The highest BCUT2D eigenvalue weighted by Crippen LogP contribution is 2.18. The maximum absolute atomic E-state index is 13.3. The van der Waals surface area contributed by atoms with E-state index >= 15 is 0 Å². The molecule has 1 fully saturated rings. The molecule has 1 saturated heterocycles. The van der Waals surface area contributed by atoms with E-state index in [0.29, 0.717) is 28.7 Å². The third-order valence-electron chi connectivity index (χ3n) is 5.75. The first-order valence-corrected chi connectivity index (χ1v) is 10.7. The first-order chi connectivity index (χ1) is 14.6. The molecule has 0 spiro atoms. The third-order valence-corrected chi connectivity index (χ3v) is 5.75. The number of nitrogens with one attached hydrogen (secondary N) is 1. The Kier molecular flexibility index (Phi) is 5.95. The van der Waals surface area contributed by atoms with Crippen molar-refractivity contribution in [2.75, 3.05) is 19.6 Å². The Hall–Kier alpha value is -2.99. The number of carbonyl (C=O) groups excluding carboxylic acids is 1. The molecule has 1 N–H and O–H groups in total. The van der Waals surface area contributed by atoms with Crippen molar-refractivity contribution in [2.45, 2.75) is 39.7 Å². The fraction of sp³-hybridized carbons (Fsp3) is 0.375. The molecule has 6 nitrogen and oxygen atoms in total. The molecule has 0 atom stereocenters. The van der Waals surface area contributed by atoms with Crippen molar-refractivity contribution in [3.8, 4) is 5.69 Å². The Morgan fingerprint density at radius 1 is 1.10 bits per heavy atom. The molecule has 156 valence electrons. The van der Waals surface area contributed by atoms with Gasteiger partial charge in [-0.3, -0.25) is 19.1 Å². The second kappa shape index (κ2) is 8.79. The van der Waals surface area contributed by atoms with Gasteiger partial charge in [-0.15, -0.1) is 0 Å². The fourth-order valence-corrected chi connectivity index (χ4v) is 4.09. The molecule has 0 unspecified atom stereocenters.